The molecule has 120 valence electrons. The van der Waals surface area contributed by atoms with Crippen molar-refractivity contribution in [2.75, 3.05) is 13.1 Å². The van der Waals surface area contributed by atoms with Gasteiger partial charge in [0.1, 0.15) is 11.8 Å². The zero-order valence-electron chi connectivity index (χ0n) is 11.8. The van der Waals surface area contributed by atoms with E-state index in [1.807, 2.05) is 0 Å². The lowest BCUT2D eigenvalue weighted by molar-refractivity contribution is -0.141. The van der Waals surface area contributed by atoms with Crippen LogP contribution in [0, 0.1) is 0 Å². The number of carbonyl (C=O) groups excluding carboxylic acids is 1. The number of hydrogen-bond donors (Lipinski definition) is 0. The van der Waals surface area contributed by atoms with Gasteiger partial charge in [-0.25, -0.2) is 4.98 Å². The van der Waals surface area contributed by atoms with Gasteiger partial charge in [0.05, 0.1) is 13.1 Å². The molecule has 0 saturated carbocycles. The first kappa shape index (κ1) is 15.3. The molecule has 0 radical (unpaired) electrons. The van der Waals surface area contributed by atoms with Crippen LogP contribution < -0.4 is 4.74 Å². The number of likely N-dealkylation sites (tertiary alicyclic amines) is 1. The largest absolute Gasteiger partial charge is 0.471 e. The first-order valence-corrected chi connectivity index (χ1v) is 6.84. The van der Waals surface area contributed by atoms with Crippen molar-refractivity contribution in [3.05, 3.63) is 54.0 Å². The van der Waals surface area contributed by atoms with Crippen LogP contribution in [-0.2, 0) is 6.18 Å². The molecule has 0 aliphatic carbocycles. The summed E-state index contributed by atoms with van der Waals surface area (Å²) in [5, 5.41) is 0. The van der Waals surface area contributed by atoms with Crippen molar-refractivity contribution >= 4 is 5.91 Å². The Kier molecular flexibility index (Phi) is 3.89. The molecule has 8 heteroatoms. The van der Waals surface area contributed by atoms with Gasteiger partial charge in [0.25, 0.3) is 5.91 Å². The second-order valence-electron chi connectivity index (χ2n) is 5.04. The first-order chi connectivity index (χ1) is 10.9. The van der Waals surface area contributed by atoms with Gasteiger partial charge in [0, 0.05) is 24.0 Å². The number of rotatable bonds is 3. The smallest absolute Gasteiger partial charge is 0.433 e. The Morgan fingerprint density at radius 2 is 1.87 bits per heavy atom. The van der Waals surface area contributed by atoms with Crippen molar-refractivity contribution in [2.45, 2.75) is 12.3 Å². The van der Waals surface area contributed by atoms with Crippen molar-refractivity contribution in [3.63, 3.8) is 0 Å². The SMILES string of the molecule is O=C(c1ccncc1)N1CC(Oc2cccc(C(F)(F)F)n2)C1. The van der Waals surface area contributed by atoms with Gasteiger partial charge in [0.15, 0.2) is 0 Å². The molecule has 1 amide bonds. The molecule has 0 bridgehead atoms. The fourth-order valence-corrected chi connectivity index (χ4v) is 2.16. The van der Waals surface area contributed by atoms with Gasteiger partial charge in [-0.15, -0.1) is 0 Å². The third-order valence-electron chi connectivity index (χ3n) is 3.36. The number of carbonyl (C=O) groups is 1. The Balaban J connectivity index is 1.58. The minimum Gasteiger partial charge on any atom is -0.471 e. The maximum absolute atomic E-state index is 12.6. The fraction of sp³-hybridized carbons (Fsp3) is 0.267. The van der Waals surface area contributed by atoms with E-state index in [9.17, 15) is 18.0 Å². The number of pyridine rings is 2. The minimum absolute atomic E-state index is 0.0964. The van der Waals surface area contributed by atoms with E-state index in [2.05, 4.69) is 9.97 Å². The summed E-state index contributed by atoms with van der Waals surface area (Å²) < 4.78 is 43.1. The number of alkyl halides is 3. The van der Waals surface area contributed by atoms with Crippen molar-refractivity contribution in [1.29, 1.82) is 0 Å². The molecule has 3 rings (SSSR count). The van der Waals surface area contributed by atoms with Crippen LogP contribution in [0.15, 0.2) is 42.7 Å². The summed E-state index contributed by atoms with van der Waals surface area (Å²) in [6, 6.07) is 6.69. The quantitative estimate of drug-likeness (QED) is 0.870. The Hall–Kier alpha value is -2.64. The standard InChI is InChI=1S/C15H12F3N3O2/c16-15(17,18)12-2-1-3-13(20-12)23-11-8-21(9-11)14(22)10-4-6-19-7-5-10/h1-7,11H,8-9H2. The number of hydrogen-bond acceptors (Lipinski definition) is 4. The topological polar surface area (TPSA) is 55.3 Å². The molecule has 0 N–H and O–H groups in total. The molecule has 0 aromatic carbocycles. The van der Waals surface area contributed by atoms with Gasteiger partial charge in [-0.1, -0.05) is 6.07 Å². The maximum Gasteiger partial charge on any atom is 0.433 e. The van der Waals surface area contributed by atoms with E-state index < -0.39 is 11.9 Å². The lowest BCUT2D eigenvalue weighted by Gasteiger charge is -2.38. The summed E-state index contributed by atoms with van der Waals surface area (Å²) >= 11 is 0. The Labute approximate surface area is 129 Å². The van der Waals surface area contributed by atoms with Crippen molar-refractivity contribution in [1.82, 2.24) is 14.9 Å². The van der Waals surface area contributed by atoms with Gasteiger partial charge in [-0.3, -0.25) is 9.78 Å². The normalized spacial score (nSPS) is 15.2. The van der Waals surface area contributed by atoms with Gasteiger partial charge < -0.3 is 9.64 Å². The summed E-state index contributed by atoms with van der Waals surface area (Å²) in [4.78, 5) is 20.9. The molecule has 0 unspecified atom stereocenters. The number of amides is 1. The summed E-state index contributed by atoms with van der Waals surface area (Å²) in [5.74, 6) is -0.259. The summed E-state index contributed by atoms with van der Waals surface area (Å²) in [7, 11) is 0. The molecule has 2 aromatic heterocycles. The lowest BCUT2D eigenvalue weighted by Crippen LogP contribution is -2.56. The predicted octanol–water partition coefficient (Wildman–Crippen LogP) is 2.40. The lowest BCUT2D eigenvalue weighted by atomic mass is 10.1. The summed E-state index contributed by atoms with van der Waals surface area (Å²) in [6.07, 6.45) is -1.83. The predicted molar refractivity (Wildman–Crippen MR) is 73.8 cm³/mol. The highest BCUT2D eigenvalue weighted by Gasteiger charge is 2.35. The van der Waals surface area contributed by atoms with Crippen LogP contribution in [-0.4, -0.2) is 40.0 Å². The molecular weight excluding hydrogens is 311 g/mol. The Morgan fingerprint density at radius 3 is 2.52 bits per heavy atom. The van der Waals surface area contributed by atoms with E-state index in [1.54, 1.807) is 17.0 Å². The first-order valence-electron chi connectivity index (χ1n) is 6.84. The van der Waals surface area contributed by atoms with E-state index in [0.717, 1.165) is 6.07 Å². The third kappa shape index (κ3) is 3.41. The number of ether oxygens (including phenoxy) is 1. The van der Waals surface area contributed by atoms with Crippen LogP contribution >= 0.6 is 0 Å². The molecule has 3 heterocycles. The van der Waals surface area contributed by atoms with Crippen LogP contribution in [0.25, 0.3) is 0 Å². The van der Waals surface area contributed by atoms with Crippen molar-refractivity contribution in [3.8, 4) is 5.88 Å². The van der Waals surface area contributed by atoms with Crippen molar-refractivity contribution < 1.29 is 22.7 Å². The Bertz CT molecular complexity index is 701. The highest BCUT2D eigenvalue weighted by molar-refractivity contribution is 5.94. The molecule has 1 aliphatic rings. The van der Waals surface area contributed by atoms with Gasteiger partial charge >= 0.3 is 6.18 Å². The minimum atomic E-state index is -4.51. The maximum atomic E-state index is 12.6. The van der Waals surface area contributed by atoms with Gasteiger partial charge in [0.2, 0.25) is 5.88 Å². The van der Waals surface area contributed by atoms with Gasteiger partial charge in [-0.05, 0) is 18.2 Å². The van der Waals surface area contributed by atoms with Crippen molar-refractivity contribution in [2.24, 2.45) is 0 Å². The Morgan fingerprint density at radius 1 is 1.17 bits per heavy atom. The summed E-state index contributed by atoms with van der Waals surface area (Å²) in [5.41, 5.74) is -0.491. The van der Waals surface area contributed by atoms with E-state index in [4.69, 9.17) is 4.74 Å². The fourth-order valence-electron chi connectivity index (χ4n) is 2.16. The van der Waals surface area contributed by atoms with Crippen LogP contribution in [0.4, 0.5) is 13.2 Å². The summed E-state index contributed by atoms with van der Waals surface area (Å²) in [6.45, 7) is 0.609. The van der Waals surface area contributed by atoms with E-state index in [0.29, 0.717) is 18.7 Å². The van der Waals surface area contributed by atoms with Crippen LogP contribution in [0.2, 0.25) is 0 Å². The molecule has 0 spiro atoms. The van der Waals surface area contributed by atoms with E-state index >= 15 is 0 Å². The van der Waals surface area contributed by atoms with Crippen LogP contribution in [0.1, 0.15) is 16.1 Å². The highest BCUT2D eigenvalue weighted by Crippen LogP contribution is 2.29. The average molecular weight is 323 g/mol. The zero-order valence-corrected chi connectivity index (χ0v) is 11.8. The monoisotopic (exact) mass is 323 g/mol. The van der Waals surface area contributed by atoms with E-state index in [1.165, 1.54) is 24.5 Å². The molecule has 1 saturated heterocycles. The molecular formula is C15H12F3N3O2. The molecule has 1 aliphatic heterocycles. The highest BCUT2D eigenvalue weighted by atomic mass is 19.4. The van der Waals surface area contributed by atoms with E-state index in [-0.39, 0.29) is 17.9 Å². The zero-order chi connectivity index (χ0) is 16.4. The third-order valence-corrected chi connectivity index (χ3v) is 3.36. The molecule has 23 heavy (non-hydrogen) atoms. The van der Waals surface area contributed by atoms with Crippen LogP contribution in [0.5, 0.6) is 5.88 Å². The number of halogens is 3. The number of aromatic nitrogens is 2. The second-order valence-corrected chi connectivity index (χ2v) is 5.04. The molecule has 1 fully saturated rings. The number of nitrogens with zero attached hydrogens (tertiary/aromatic N) is 3. The van der Waals surface area contributed by atoms with Gasteiger partial charge in [-0.2, -0.15) is 13.2 Å². The molecule has 2 aromatic rings. The second kappa shape index (κ2) is 5.86. The molecule has 5 nitrogen and oxygen atoms in total. The van der Waals surface area contributed by atoms with Crippen LogP contribution in [0.3, 0.4) is 0 Å². The molecule has 0 atom stereocenters. The average Bonchev–Trinajstić information content (AvgIpc) is 2.50.